The van der Waals surface area contributed by atoms with E-state index < -0.39 is 12.0 Å². The summed E-state index contributed by atoms with van der Waals surface area (Å²) in [5, 5.41) is 11.4. The molecule has 0 aliphatic rings. The molecule has 0 aromatic carbocycles. The molecule has 17 heavy (non-hydrogen) atoms. The molecule has 1 unspecified atom stereocenters. The van der Waals surface area contributed by atoms with Crippen LogP contribution in [0.2, 0.25) is 0 Å². The Bertz CT molecular complexity index is 254. The maximum atomic E-state index is 11.6. The summed E-state index contributed by atoms with van der Waals surface area (Å²) in [5.41, 5.74) is 5.72. The van der Waals surface area contributed by atoms with Crippen LogP contribution in [-0.2, 0) is 9.59 Å². The quantitative estimate of drug-likeness (QED) is 0.593. The lowest BCUT2D eigenvalue weighted by Crippen LogP contribution is -2.43. The van der Waals surface area contributed by atoms with Crippen molar-refractivity contribution in [3.8, 4) is 0 Å². The second-order valence-electron chi connectivity index (χ2n) is 4.85. The highest BCUT2D eigenvalue weighted by Gasteiger charge is 2.17. The third-order valence-electron chi connectivity index (χ3n) is 2.67. The molecule has 0 spiro atoms. The molecule has 0 aromatic rings. The van der Waals surface area contributed by atoms with Gasteiger partial charge in [-0.3, -0.25) is 9.59 Å². The Kier molecular flexibility index (Phi) is 7.54. The first kappa shape index (κ1) is 15.9. The first-order chi connectivity index (χ1) is 7.86. The molecule has 0 aliphatic carbocycles. The zero-order valence-electron chi connectivity index (χ0n) is 10.9. The monoisotopic (exact) mass is 244 g/mol. The van der Waals surface area contributed by atoms with E-state index in [-0.39, 0.29) is 18.2 Å². The molecule has 0 fully saturated rings. The Balaban J connectivity index is 3.99. The molecule has 0 saturated heterocycles. The van der Waals surface area contributed by atoms with Gasteiger partial charge in [0.1, 0.15) is 0 Å². The van der Waals surface area contributed by atoms with E-state index in [0.29, 0.717) is 18.9 Å². The van der Waals surface area contributed by atoms with Crippen LogP contribution in [0, 0.1) is 11.8 Å². The van der Waals surface area contributed by atoms with Gasteiger partial charge in [-0.15, -0.1) is 0 Å². The number of rotatable bonds is 8. The highest BCUT2D eigenvalue weighted by atomic mass is 16.4. The van der Waals surface area contributed by atoms with Crippen molar-refractivity contribution >= 4 is 11.9 Å². The lowest BCUT2D eigenvalue weighted by atomic mass is 10.0. The topological polar surface area (TPSA) is 92.4 Å². The molecule has 4 N–H and O–H groups in total. The molecule has 2 atom stereocenters. The van der Waals surface area contributed by atoms with Gasteiger partial charge in [-0.2, -0.15) is 0 Å². The van der Waals surface area contributed by atoms with Gasteiger partial charge >= 0.3 is 5.97 Å². The van der Waals surface area contributed by atoms with Crippen LogP contribution in [0.1, 0.15) is 40.0 Å². The second-order valence-corrected chi connectivity index (χ2v) is 4.85. The Morgan fingerprint density at radius 1 is 1.35 bits per heavy atom. The maximum absolute atomic E-state index is 11.6. The van der Waals surface area contributed by atoms with Gasteiger partial charge in [-0.05, 0) is 18.3 Å². The molecule has 5 heteroatoms. The van der Waals surface area contributed by atoms with Crippen molar-refractivity contribution < 1.29 is 14.7 Å². The van der Waals surface area contributed by atoms with Crippen molar-refractivity contribution in [2.24, 2.45) is 17.6 Å². The van der Waals surface area contributed by atoms with Crippen molar-refractivity contribution in [1.82, 2.24) is 5.32 Å². The molecule has 0 radical (unpaired) electrons. The van der Waals surface area contributed by atoms with E-state index >= 15 is 0 Å². The van der Waals surface area contributed by atoms with E-state index in [0.717, 1.165) is 6.42 Å². The van der Waals surface area contributed by atoms with E-state index in [1.54, 1.807) is 0 Å². The van der Waals surface area contributed by atoms with Gasteiger partial charge in [-0.25, -0.2) is 0 Å². The molecule has 0 heterocycles. The zero-order valence-corrected chi connectivity index (χ0v) is 10.9. The summed E-state index contributed by atoms with van der Waals surface area (Å²) in [6.07, 6.45) is 1.45. The molecule has 0 aromatic heterocycles. The lowest BCUT2D eigenvalue weighted by molar-refractivity contribution is -0.138. The summed E-state index contributed by atoms with van der Waals surface area (Å²) in [4.78, 5) is 22.2. The second kappa shape index (κ2) is 8.06. The summed E-state index contributed by atoms with van der Waals surface area (Å²) < 4.78 is 0. The number of carboxylic acid groups (broad SMARTS) is 1. The summed E-state index contributed by atoms with van der Waals surface area (Å²) in [6, 6.07) is -0.502. The fourth-order valence-electron chi connectivity index (χ4n) is 1.60. The third-order valence-corrected chi connectivity index (χ3v) is 2.67. The predicted octanol–water partition coefficient (Wildman–Crippen LogP) is 0.977. The average Bonchev–Trinajstić information content (AvgIpc) is 2.22. The van der Waals surface area contributed by atoms with Crippen molar-refractivity contribution in [3.05, 3.63) is 0 Å². The van der Waals surface area contributed by atoms with Crippen LogP contribution in [0.4, 0.5) is 0 Å². The smallest absolute Gasteiger partial charge is 0.303 e. The van der Waals surface area contributed by atoms with Crippen LogP contribution in [0.15, 0.2) is 0 Å². The minimum atomic E-state index is -0.836. The molecular formula is C12H24N2O3. The van der Waals surface area contributed by atoms with E-state index in [1.807, 2.05) is 20.8 Å². The molecule has 5 nitrogen and oxygen atoms in total. The number of hydrogen-bond donors (Lipinski definition) is 3. The summed E-state index contributed by atoms with van der Waals surface area (Å²) >= 11 is 0. The van der Waals surface area contributed by atoms with Gasteiger partial charge in [0, 0.05) is 13.0 Å². The fourth-order valence-corrected chi connectivity index (χ4v) is 1.60. The van der Waals surface area contributed by atoms with Crippen molar-refractivity contribution in [1.29, 1.82) is 0 Å². The Morgan fingerprint density at radius 2 is 1.94 bits per heavy atom. The number of hydrogen-bond acceptors (Lipinski definition) is 3. The van der Waals surface area contributed by atoms with Gasteiger partial charge in [0.2, 0.25) is 5.91 Å². The summed E-state index contributed by atoms with van der Waals surface area (Å²) in [7, 11) is 0. The van der Waals surface area contributed by atoms with Crippen LogP contribution in [0.5, 0.6) is 0 Å². The molecule has 0 aliphatic heterocycles. The van der Waals surface area contributed by atoms with E-state index in [9.17, 15) is 9.59 Å². The molecule has 0 bridgehead atoms. The van der Waals surface area contributed by atoms with Gasteiger partial charge < -0.3 is 16.2 Å². The lowest BCUT2D eigenvalue weighted by Gasteiger charge is -2.17. The van der Waals surface area contributed by atoms with Crippen LogP contribution < -0.4 is 11.1 Å². The van der Waals surface area contributed by atoms with E-state index in [1.165, 1.54) is 0 Å². The van der Waals surface area contributed by atoms with E-state index in [2.05, 4.69) is 5.32 Å². The van der Waals surface area contributed by atoms with Gasteiger partial charge in [-0.1, -0.05) is 27.2 Å². The molecule has 0 rings (SSSR count). The van der Waals surface area contributed by atoms with Crippen LogP contribution >= 0.6 is 0 Å². The summed E-state index contributed by atoms with van der Waals surface area (Å²) in [5.74, 6) is -0.681. The number of nitrogens with one attached hydrogen (secondary N) is 1. The first-order valence-electron chi connectivity index (χ1n) is 6.11. The highest BCUT2D eigenvalue weighted by molar-refractivity contribution is 5.81. The normalized spacial score (nSPS) is 14.4. The van der Waals surface area contributed by atoms with Gasteiger partial charge in [0.25, 0.3) is 0 Å². The standard InChI is InChI=1S/C12H24N2O3/c1-4-9(6-11(15)16)7-14-12(17)10(13)5-8(2)3/h8-10H,4-7,13H2,1-3H3,(H,14,17)(H,15,16)/t9?,10-/m0/s1. The van der Waals surface area contributed by atoms with Crippen LogP contribution in [-0.4, -0.2) is 29.6 Å². The number of carboxylic acids is 1. The summed E-state index contributed by atoms with van der Waals surface area (Å²) in [6.45, 7) is 6.31. The minimum absolute atomic E-state index is 0.0253. The van der Waals surface area contributed by atoms with Crippen molar-refractivity contribution in [2.75, 3.05) is 6.54 Å². The molecule has 100 valence electrons. The van der Waals surface area contributed by atoms with Crippen LogP contribution in [0.3, 0.4) is 0 Å². The Hall–Kier alpha value is -1.10. The Morgan fingerprint density at radius 3 is 2.35 bits per heavy atom. The first-order valence-corrected chi connectivity index (χ1v) is 6.11. The predicted molar refractivity (Wildman–Crippen MR) is 66.5 cm³/mol. The van der Waals surface area contributed by atoms with E-state index in [4.69, 9.17) is 10.8 Å². The third kappa shape index (κ3) is 7.74. The van der Waals surface area contributed by atoms with Crippen molar-refractivity contribution in [3.63, 3.8) is 0 Å². The Labute approximate surface area is 103 Å². The number of carbonyl (C=O) groups excluding carboxylic acids is 1. The largest absolute Gasteiger partial charge is 0.481 e. The average molecular weight is 244 g/mol. The molecular weight excluding hydrogens is 220 g/mol. The number of carbonyl (C=O) groups is 2. The van der Waals surface area contributed by atoms with Gasteiger partial charge in [0.15, 0.2) is 0 Å². The number of nitrogens with two attached hydrogens (primary N) is 1. The molecule has 1 amide bonds. The molecule has 0 saturated carbocycles. The van der Waals surface area contributed by atoms with Gasteiger partial charge in [0.05, 0.1) is 6.04 Å². The zero-order chi connectivity index (χ0) is 13.4. The van der Waals surface area contributed by atoms with Crippen molar-refractivity contribution in [2.45, 2.75) is 46.1 Å². The highest BCUT2D eigenvalue weighted by Crippen LogP contribution is 2.07. The fraction of sp³-hybridized carbons (Fsp3) is 0.833. The number of amides is 1. The van der Waals surface area contributed by atoms with Crippen LogP contribution in [0.25, 0.3) is 0 Å². The minimum Gasteiger partial charge on any atom is -0.481 e. The SMILES string of the molecule is CCC(CNC(=O)[C@@H](N)CC(C)C)CC(=O)O. The maximum Gasteiger partial charge on any atom is 0.303 e. The number of aliphatic carboxylic acids is 1.